The highest BCUT2D eigenvalue weighted by atomic mass is 14.9. The first-order valence-corrected chi connectivity index (χ1v) is 7.19. The Balaban J connectivity index is 1.94. The zero-order valence-corrected chi connectivity index (χ0v) is 12.9. The molecule has 0 unspecified atom stereocenters. The molecule has 0 spiro atoms. The SMILES string of the molecule is C[C@@H](NCc1ccc(C(C)(C)C)cc1)c1ccncc1. The van der Waals surface area contributed by atoms with E-state index < -0.39 is 0 Å². The second-order valence-corrected chi connectivity index (χ2v) is 6.33. The van der Waals surface area contributed by atoms with E-state index in [0.717, 1.165) is 6.54 Å². The van der Waals surface area contributed by atoms with Crippen LogP contribution in [0.4, 0.5) is 0 Å². The zero-order valence-electron chi connectivity index (χ0n) is 12.9. The molecule has 2 heteroatoms. The number of nitrogens with zero attached hydrogens (tertiary/aromatic N) is 1. The Kier molecular flexibility index (Phi) is 4.56. The number of pyridine rings is 1. The molecule has 1 heterocycles. The minimum Gasteiger partial charge on any atom is -0.306 e. The largest absolute Gasteiger partial charge is 0.306 e. The van der Waals surface area contributed by atoms with E-state index in [0.29, 0.717) is 6.04 Å². The monoisotopic (exact) mass is 268 g/mol. The van der Waals surface area contributed by atoms with Crippen molar-refractivity contribution >= 4 is 0 Å². The molecule has 0 aliphatic heterocycles. The number of hydrogen-bond donors (Lipinski definition) is 1. The third-order valence-electron chi connectivity index (χ3n) is 3.64. The predicted molar refractivity (Wildman–Crippen MR) is 84.6 cm³/mol. The van der Waals surface area contributed by atoms with Crippen molar-refractivity contribution in [1.29, 1.82) is 0 Å². The van der Waals surface area contributed by atoms with Gasteiger partial charge in [-0.25, -0.2) is 0 Å². The highest BCUT2D eigenvalue weighted by molar-refractivity contribution is 5.27. The van der Waals surface area contributed by atoms with Crippen LogP contribution in [-0.2, 0) is 12.0 Å². The lowest BCUT2D eigenvalue weighted by molar-refractivity contribution is 0.571. The maximum absolute atomic E-state index is 4.05. The summed E-state index contributed by atoms with van der Waals surface area (Å²) in [4.78, 5) is 4.05. The summed E-state index contributed by atoms with van der Waals surface area (Å²) in [6.45, 7) is 9.79. The molecule has 0 aliphatic rings. The summed E-state index contributed by atoms with van der Waals surface area (Å²) in [7, 11) is 0. The molecule has 0 saturated heterocycles. The smallest absolute Gasteiger partial charge is 0.0296 e. The van der Waals surface area contributed by atoms with Crippen LogP contribution in [-0.4, -0.2) is 4.98 Å². The van der Waals surface area contributed by atoms with Crippen molar-refractivity contribution in [2.24, 2.45) is 0 Å². The van der Waals surface area contributed by atoms with Gasteiger partial charge in [0.25, 0.3) is 0 Å². The van der Waals surface area contributed by atoms with Gasteiger partial charge >= 0.3 is 0 Å². The summed E-state index contributed by atoms with van der Waals surface area (Å²) in [6.07, 6.45) is 3.68. The van der Waals surface area contributed by atoms with Gasteiger partial charge in [0, 0.05) is 25.0 Å². The number of nitrogens with one attached hydrogen (secondary N) is 1. The topological polar surface area (TPSA) is 24.9 Å². The van der Waals surface area contributed by atoms with E-state index in [-0.39, 0.29) is 5.41 Å². The quantitative estimate of drug-likeness (QED) is 0.897. The number of hydrogen-bond acceptors (Lipinski definition) is 2. The molecule has 1 atom stereocenters. The first-order chi connectivity index (χ1) is 9.47. The van der Waals surface area contributed by atoms with Crippen molar-refractivity contribution in [1.82, 2.24) is 10.3 Å². The Morgan fingerprint density at radius 1 is 1.00 bits per heavy atom. The first kappa shape index (κ1) is 14.7. The van der Waals surface area contributed by atoms with Gasteiger partial charge in [-0.2, -0.15) is 0 Å². The minimum absolute atomic E-state index is 0.219. The average molecular weight is 268 g/mol. The molecule has 106 valence electrons. The lowest BCUT2D eigenvalue weighted by Crippen LogP contribution is -2.18. The molecule has 1 aromatic carbocycles. The normalized spacial score (nSPS) is 13.2. The Morgan fingerprint density at radius 2 is 1.60 bits per heavy atom. The molecule has 2 nitrogen and oxygen atoms in total. The van der Waals surface area contributed by atoms with E-state index in [1.165, 1.54) is 16.7 Å². The maximum atomic E-state index is 4.05. The predicted octanol–water partition coefficient (Wildman–Crippen LogP) is 4.23. The van der Waals surface area contributed by atoms with E-state index in [1.54, 1.807) is 0 Å². The fourth-order valence-electron chi connectivity index (χ4n) is 2.16. The van der Waals surface area contributed by atoms with Gasteiger partial charge in [-0.1, -0.05) is 45.0 Å². The summed E-state index contributed by atoms with van der Waals surface area (Å²) in [5.74, 6) is 0. The molecule has 0 radical (unpaired) electrons. The highest BCUT2D eigenvalue weighted by Gasteiger charge is 2.12. The van der Waals surface area contributed by atoms with Crippen LogP contribution >= 0.6 is 0 Å². The van der Waals surface area contributed by atoms with Crippen LogP contribution in [0.3, 0.4) is 0 Å². The molecule has 0 amide bonds. The molecular formula is C18H24N2. The van der Waals surface area contributed by atoms with E-state index in [1.807, 2.05) is 12.4 Å². The number of aromatic nitrogens is 1. The second kappa shape index (κ2) is 6.19. The fourth-order valence-corrected chi connectivity index (χ4v) is 2.16. The molecule has 0 aliphatic carbocycles. The summed E-state index contributed by atoms with van der Waals surface area (Å²) >= 11 is 0. The van der Waals surface area contributed by atoms with Gasteiger partial charge in [0.05, 0.1) is 0 Å². The molecule has 20 heavy (non-hydrogen) atoms. The average Bonchev–Trinajstić information content (AvgIpc) is 2.45. The van der Waals surface area contributed by atoms with E-state index in [9.17, 15) is 0 Å². The number of benzene rings is 1. The molecule has 0 bridgehead atoms. The molecular weight excluding hydrogens is 244 g/mol. The molecule has 2 rings (SSSR count). The van der Waals surface area contributed by atoms with Crippen LogP contribution in [0.25, 0.3) is 0 Å². The van der Waals surface area contributed by atoms with Gasteiger partial charge in [0.2, 0.25) is 0 Å². The van der Waals surface area contributed by atoms with Crippen LogP contribution in [0.2, 0.25) is 0 Å². The van der Waals surface area contributed by atoms with Gasteiger partial charge in [-0.05, 0) is 41.2 Å². The van der Waals surface area contributed by atoms with Gasteiger partial charge in [-0.15, -0.1) is 0 Å². The molecule has 0 fully saturated rings. The zero-order chi connectivity index (χ0) is 14.6. The van der Waals surface area contributed by atoms with Gasteiger partial charge in [-0.3, -0.25) is 4.98 Å². The summed E-state index contributed by atoms with van der Waals surface area (Å²) in [5, 5.41) is 3.55. The Morgan fingerprint density at radius 3 is 2.15 bits per heavy atom. The summed E-state index contributed by atoms with van der Waals surface area (Å²) in [5.41, 5.74) is 4.18. The molecule has 2 aromatic rings. The van der Waals surface area contributed by atoms with Crippen molar-refractivity contribution in [3.8, 4) is 0 Å². The Labute approximate surface area is 122 Å². The third kappa shape index (κ3) is 3.91. The van der Waals surface area contributed by atoms with Gasteiger partial charge in [0.15, 0.2) is 0 Å². The van der Waals surface area contributed by atoms with Gasteiger partial charge < -0.3 is 5.32 Å². The van der Waals surface area contributed by atoms with Crippen LogP contribution in [0.15, 0.2) is 48.8 Å². The third-order valence-corrected chi connectivity index (χ3v) is 3.64. The van der Waals surface area contributed by atoms with Crippen LogP contribution in [0.5, 0.6) is 0 Å². The van der Waals surface area contributed by atoms with Crippen LogP contribution in [0.1, 0.15) is 50.4 Å². The Bertz CT molecular complexity index is 524. The summed E-state index contributed by atoms with van der Waals surface area (Å²) < 4.78 is 0. The van der Waals surface area contributed by atoms with Gasteiger partial charge in [0.1, 0.15) is 0 Å². The molecule has 0 saturated carbocycles. The standard InChI is InChI=1S/C18H24N2/c1-14(16-9-11-19-12-10-16)20-13-15-5-7-17(8-6-15)18(2,3)4/h5-12,14,20H,13H2,1-4H3/t14-/m1/s1. The van der Waals surface area contributed by atoms with Crippen LogP contribution < -0.4 is 5.32 Å². The lowest BCUT2D eigenvalue weighted by Gasteiger charge is -2.19. The second-order valence-electron chi connectivity index (χ2n) is 6.33. The maximum Gasteiger partial charge on any atom is 0.0296 e. The molecule has 1 aromatic heterocycles. The van der Waals surface area contributed by atoms with Crippen molar-refractivity contribution in [2.75, 3.05) is 0 Å². The first-order valence-electron chi connectivity index (χ1n) is 7.19. The van der Waals surface area contributed by atoms with E-state index in [2.05, 4.69) is 74.4 Å². The summed E-state index contributed by atoms with van der Waals surface area (Å²) in [6, 6.07) is 13.3. The number of rotatable bonds is 4. The lowest BCUT2D eigenvalue weighted by atomic mass is 9.87. The van der Waals surface area contributed by atoms with Crippen molar-refractivity contribution < 1.29 is 0 Å². The van der Waals surface area contributed by atoms with E-state index >= 15 is 0 Å². The van der Waals surface area contributed by atoms with Crippen LogP contribution in [0, 0.1) is 0 Å². The molecule has 1 N–H and O–H groups in total. The van der Waals surface area contributed by atoms with Crippen molar-refractivity contribution in [2.45, 2.75) is 45.7 Å². The van der Waals surface area contributed by atoms with Crippen molar-refractivity contribution in [3.05, 3.63) is 65.5 Å². The minimum atomic E-state index is 0.219. The van der Waals surface area contributed by atoms with E-state index in [4.69, 9.17) is 0 Å². The Hall–Kier alpha value is -1.67. The fraction of sp³-hybridized carbons (Fsp3) is 0.389. The highest BCUT2D eigenvalue weighted by Crippen LogP contribution is 2.22. The van der Waals surface area contributed by atoms with Crippen molar-refractivity contribution in [3.63, 3.8) is 0 Å².